The molecule has 0 spiro atoms. The standard InChI is InChI=1S/C16H22O3/c1-12(2)11-19-16(18)15(13(3)17)10-9-14-7-5-4-6-8-14/h4-8,12,15H,9-11H2,1-3H3. The van der Waals surface area contributed by atoms with E-state index in [9.17, 15) is 9.59 Å². The zero-order chi connectivity index (χ0) is 14.3. The third kappa shape index (κ3) is 5.69. The minimum atomic E-state index is -0.640. The molecule has 0 aliphatic carbocycles. The highest BCUT2D eigenvalue weighted by Gasteiger charge is 2.24. The average molecular weight is 262 g/mol. The highest BCUT2D eigenvalue weighted by Crippen LogP contribution is 2.13. The van der Waals surface area contributed by atoms with Crippen LogP contribution in [0.25, 0.3) is 0 Å². The Morgan fingerprint density at radius 3 is 2.32 bits per heavy atom. The predicted octanol–water partition coefficient (Wildman–Crippen LogP) is 3.02. The molecule has 1 atom stereocenters. The molecule has 0 bridgehead atoms. The molecule has 3 heteroatoms. The van der Waals surface area contributed by atoms with Gasteiger partial charge in [0.2, 0.25) is 0 Å². The fourth-order valence-electron chi connectivity index (χ4n) is 1.79. The van der Waals surface area contributed by atoms with Gasteiger partial charge < -0.3 is 4.74 Å². The van der Waals surface area contributed by atoms with Crippen molar-refractivity contribution in [2.24, 2.45) is 11.8 Å². The van der Waals surface area contributed by atoms with E-state index in [0.717, 1.165) is 5.56 Å². The number of ketones is 1. The molecule has 0 aromatic heterocycles. The molecule has 0 N–H and O–H groups in total. The number of esters is 1. The van der Waals surface area contributed by atoms with Gasteiger partial charge in [-0.15, -0.1) is 0 Å². The average Bonchev–Trinajstić information content (AvgIpc) is 2.37. The van der Waals surface area contributed by atoms with E-state index in [-0.39, 0.29) is 11.7 Å². The van der Waals surface area contributed by atoms with Crippen molar-refractivity contribution < 1.29 is 14.3 Å². The third-order valence-electron chi connectivity index (χ3n) is 2.90. The maximum Gasteiger partial charge on any atom is 0.316 e. The monoisotopic (exact) mass is 262 g/mol. The summed E-state index contributed by atoms with van der Waals surface area (Å²) in [5, 5.41) is 0. The Labute approximate surface area is 115 Å². The van der Waals surface area contributed by atoms with Crippen molar-refractivity contribution in [3.05, 3.63) is 35.9 Å². The zero-order valence-electron chi connectivity index (χ0n) is 11.9. The Morgan fingerprint density at radius 2 is 1.79 bits per heavy atom. The summed E-state index contributed by atoms with van der Waals surface area (Å²) in [6.45, 7) is 5.76. The highest BCUT2D eigenvalue weighted by molar-refractivity contribution is 5.97. The molecule has 0 saturated carbocycles. The molecular weight excluding hydrogens is 240 g/mol. The normalized spacial score (nSPS) is 12.2. The highest BCUT2D eigenvalue weighted by atomic mass is 16.5. The number of carbonyl (C=O) groups is 2. The van der Waals surface area contributed by atoms with E-state index in [1.165, 1.54) is 6.92 Å². The van der Waals surface area contributed by atoms with Gasteiger partial charge in [-0.25, -0.2) is 0 Å². The molecule has 1 rings (SSSR count). The Balaban J connectivity index is 2.53. The van der Waals surface area contributed by atoms with Crippen LogP contribution in [-0.4, -0.2) is 18.4 Å². The number of rotatable bonds is 7. The van der Waals surface area contributed by atoms with Crippen molar-refractivity contribution in [3.8, 4) is 0 Å². The van der Waals surface area contributed by atoms with E-state index in [1.807, 2.05) is 44.2 Å². The summed E-state index contributed by atoms with van der Waals surface area (Å²) in [5.74, 6) is -0.869. The maximum atomic E-state index is 11.9. The van der Waals surface area contributed by atoms with E-state index in [0.29, 0.717) is 19.4 Å². The SMILES string of the molecule is CC(=O)C(CCc1ccccc1)C(=O)OCC(C)C. The van der Waals surface area contributed by atoms with Gasteiger partial charge in [0.05, 0.1) is 6.61 Å². The van der Waals surface area contributed by atoms with Crippen LogP contribution >= 0.6 is 0 Å². The van der Waals surface area contributed by atoms with Gasteiger partial charge >= 0.3 is 5.97 Å². The lowest BCUT2D eigenvalue weighted by atomic mass is 9.96. The Kier molecular flexibility index (Phi) is 6.26. The van der Waals surface area contributed by atoms with Crippen molar-refractivity contribution in [2.75, 3.05) is 6.61 Å². The second-order valence-corrected chi connectivity index (χ2v) is 5.21. The summed E-state index contributed by atoms with van der Waals surface area (Å²) in [7, 11) is 0. The second kappa shape index (κ2) is 7.72. The molecule has 0 aliphatic heterocycles. The smallest absolute Gasteiger partial charge is 0.316 e. The first-order valence-electron chi connectivity index (χ1n) is 6.71. The molecule has 19 heavy (non-hydrogen) atoms. The molecule has 1 unspecified atom stereocenters. The van der Waals surface area contributed by atoms with Crippen molar-refractivity contribution in [1.82, 2.24) is 0 Å². The number of hydrogen-bond donors (Lipinski definition) is 0. The summed E-state index contributed by atoms with van der Waals surface area (Å²) in [5.41, 5.74) is 1.13. The lowest BCUT2D eigenvalue weighted by Crippen LogP contribution is -2.26. The van der Waals surface area contributed by atoms with E-state index < -0.39 is 11.9 Å². The Hall–Kier alpha value is -1.64. The van der Waals surface area contributed by atoms with Crippen molar-refractivity contribution >= 4 is 11.8 Å². The summed E-state index contributed by atoms with van der Waals surface area (Å²) in [4.78, 5) is 23.4. The lowest BCUT2D eigenvalue weighted by Gasteiger charge is -2.14. The van der Waals surface area contributed by atoms with Gasteiger partial charge in [-0.1, -0.05) is 44.2 Å². The van der Waals surface area contributed by atoms with Crippen LogP contribution in [-0.2, 0) is 20.7 Å². The van der Waals surface area contributed by atoms with Crippen LogP contribution in [0.4, 0.5) is 0 Å². The number of benzene rings is 1. The van der Waals surface area contributed by atoms with Crippen molar-refractivity contribution in [1.29, 1.82) is 0 Å². The molecule has 0 radical (unpaired) electrons. The third-order valence-corrected chi connectivity index (χ3v) is 2.90. The number of Topliss-reactive ketones (excluding diaryl/α,β-unsaturated/α-hetero) is 1. The molecule has 0 fully saturated rings. The van der Waals surface area contributed by atoms with Crippen LogP contribution in [0.2, 0.25) is 0 Å². The quantitative estimate of drug-likeness (QED) is 0.560. The van der Waals surface area contributed by atoms with Crippen LogP contribution in [0.1, 0.15) is 32.8 Å². The summed E-state index contributed by atoms with van der Waals surface area (Å²) < 4.78 is 5.16. The summed E-state index contributed by atoms with van der Waals surface area (Å²) in [6.07, 6.45) is 1.22. The van der Waals surface area contributed by atoms with Crippen LogP contribution in [0, 0.1) is 11.8 Å². The molecule has 104 valence electrons. The van der Waals surface area contributed by atoms with Gasteiger partial charge in [0.1, 0.15) is 11.7 Å². The number of ether oxygens (including phenoxy) is 1. The molecule has 0 amide bonds. The largest absolute Gasteiger partial charge is 0.465 e. The molecule has 1 aromatic rings. The van der Waals surface area contributed by atoms with Gasteiger partial charge in [-0.05, 0) is 31.2 Å². The van der Waals surface area contributed by atoms with Crippen LogP contribution in [0.5, 0.6) is 0 Å². The van der Waals surface area contributed by atoms with Crippen LogP contribution in [0.15, 0.2) is 30.3 Å². The molecule has 0 saturated heterocycles. The lowest BCUT2D eigenvalue weighted by molar-refractivity contribution is -0.152. The minimum Gasteiger partial charge on any atom is -0.465 e. The first-order valence-corrected chi connectivity index (χ1v) is 6.71. The number of carbonyl (C=O) groups excluding carboxylic acids is 2. The first-order chi connectivity index (χ1) is 9.00. The summed E-state index contributed by atoms with van der Waals surface area (Å²) >= 11 is 0. The van der Waals surface area contributed by atoms with Gasteiger partial charge in [0.15, 0.2) is 0 Å². The molecule has 0 heterocycles. The van der Waals surface area contributed by atoms with Crippen LogP contribution < -0.4 is 0 Å². The fraction of sp³-hybridized carbons (Fsp3) is 0.500. The molecule has 0 aliphatic rings. The minimum absolute atomic E-state index is 0.121. The topological polar surface area (TPSA) is 43.4 Å². The van der Waals surface area contributed by atoms with Gasteiger partial charge in [-0.3, -0.25) is 9.59 Å². The number of hydrogen-bond acceptors (Lipinski definition) is 3. The fourth-order valence-corrected chi connectivity index (χ4v) is 1.79. The predicted molar refractivity (Wildman–Crippen MR) is 74.7 cm³/mol. The second-order valence-electron chi connectivity index (χ2n) is 5.21. The Bertz CT molecular complexity index is 409. The van der Waals surface area contributed by atoms with Crippen molar-refractivity contribution in [3.63, 3.8) is 0 Å². The van der Waals surface area contributed by atoms with Gasteiger partial charge in [0, 0.05) is 0 Å². The Morgan fingerprint density at radius 1 is 1.16 bits per heavy atom. The van der Waals surface area contributed by atoms with E-state index in [1.54, 1.807) is 0 Å². The maximum absolute atomic E-state index is 11.9. The summed E-state index contributed by atoms with van der Waals surface area (Å²) in [6, 6.07) is 9.85. The molecular formula is C16H22O3. The van der Waals surface area contributed by atoms with Gasteiger partial charge in [0.25, 0.3) is 0 Å². The molecule has 1 aromatic carbocycles. The van der Waals surface area contributed by atoms with E-state index in [2.05, 4.69) is 0 Å². The van der Waals surface area contributed by atoms with E-state index in [4.69, 9.17) is 4.74 Å². The number of aryl methyl sites for hydroxylation is 1. The van der Waals surface area contributed by atoms with Gasteiger partial charge in [-0.2, -0.15) is 0 Å². The first kappa shape index (κ1) is 15.4. The molecule has 3 nitrogen and oxygen atoms in total. The van der Waals surface area contributed by atoms with Crippen molar-refractivity contribution in [2.45, 2.75) is 33.6 Å². The zero-order valence-corrected chi connectivity index (χ0v) is 11.9. The van der Waals surface area contributed by atoms with E-state index >= 15 is 0 Å². The van der Waals surface area contributed by atoms with Crippen LogP contribution in [0.3, 0.4) is 0 Å².